The first-order chi connectivity index (χ1) is 12.6. The van der Waals surface area contributed by atoms with Crippen molar-refractivity contribution in [3.8, 4) is 0 Å². The zero-order valence-electron chi connectivity index (χ0n) is 18.4. The van der Waals surface area contributed by atoms with Gasteiger partial charge in [-0.2, -0.15) is 0 Å². The van der Waals surface area contributed by atoms with E-state index in [1.54, 1.807) is 0 Å². The number of carbonyl (C=O) groups is 1. The molecule has 0 saturated heterocycles. The summed E-state index contributed by atoms with van der Waals surface area (Å²) >= 11 is 0. The fourth-order valence-corrected chi connectivity index (χ4v) is 3.93. The number of nitrogens with zero attached hydrogens (tertiary/aromatic N) is 2. The number of amides is 2. The Hall–Kier alpha value is -0.810. The number of urea groups is 1. The van der Waals surface area contributed by atoms with Crippen molar-refractivity contribution in [2.75, 3.05) is 39.3 Å². The van der Waals surface area contributed by atoms with E-state index in [0.717, 1.165) is 52.1 Å². The molecule has 0 aliphatic rings. The third-order valence-electron chi connectivity index (χ3n) is 5.43. The van der Waals surface area contributed by atoms with Crippen LogP contribution in [0.1, 0.15) is 80.1 Å². The van der Waals surface area contributed by atoms with E-state index in [-0.39, 0.29) is 6.03 Å². The molecule has 26 heavy (non-hydrogen) atoms. The Balaban J connectivity index is 4.16. The average molecular weight is 371 g/mol. The second-order valence-electron chi connectivity index (χ2n) is 7.09. The topological polar surface area (TPSA) is 47.6 Å². The van der Waals surface area contributed by atoms with Gasteiger partial charge in [0.2, 0.25) is 0 Å². The third kappa shape index (κ3) is 10.4. The van der Waals surface area contributed by atoms with Crippen LogP contribution in [0, 0.1) is 0 Å². The van der Waals surface area contributed by atoms with Gasteiger partial charge in [-0.3, -0.25) is 0 Å². The van der Waals surface area contributed by atoms with Crippen LogP contribution in [0.25, 0.3) is 0 Å². The van der Waals surface area contributed by atoms with Crippen LogP contribution in [0.2, 0.25) is 0 Å². The lowest BCUT2D eigenvalue weighted by molar-refractivity contribution is 0.189. The summed E-state index contributed by atoms with van der Waals surface area (Å²) in [5, 5.41) is 6.09. The monoisotopic (exact) mass is 370 g/mol. The summed E-state index contributed by atoms with van der Waals surface area (Å²) in [6, 6.07) is 1.13. The minimum absolute atomic E-state index is 0.0189. The summed E-state index contributed by atoms with van der Waals surface area (Å²) in [5.74, 6) is 0. The Labute approximate surface area is 163 Å². The summed E-state index contributed by atoms with van der Waals surface area (Å²) in [4.78, 5) is 17.1. The summed E-state index contributed by atoms with van der Waals surface area (Å²) in [5.41, 5.74) is 0. The first kappa shape index (κ1) is 25.2. The highest BCUT2D eigenvalue weighted by molar-refractivity contribution is 5.73. The van der Waals surface area contributed by atoms with E-state index in [2.05, 4.69) is 62.0 Å². The molecule has 0 radical (unpaired) electrons. The van der Waals surface area contributed by atoms with Crippen LogP contribution in [-0.4, -0.2) is 67.2 Å². The second kappa shape index (κ2) is 16.4. The Kier molecular flexibility index (Phi) is 15.9. The van der Waals surface area contributed by atoms with Crippen LogP contribution in [0.15, 0.2) is 0 Å². The van der Waals surface area contributed by atoms with Crippen molar-refractivity contribution < 1.29 is 4.79 Å². The normalized spacial score (nSPS) is 13.8. The van der Waals surface area contributed by atoms with E-state index >= 15 is 0 Å². The number of hydrogen-bond acceptors (Lipinski definition) is 3. The molecule has 0 aromatic heterocycles. The zero-order chi connectivity index (χ0) is 19.8. The van der Waals surface area contributed by atoms with Crippen LogP contribution in [0.4, 0.5) is 4.79 Å². The molecule has 0 heterocycles. The van der Waals surface area contributed by atoms with Crippen LogP contribution in [0.5, 0.6) is 0 Å². The van der Waals surface area contributed by atoms with E-state index in [0.29, 0.717) is 12.1 Å². The van der Waals surface area contributed by atoms with E-state index in [9.17, 15) is 4.79 Å². The maximum absolute atomic E-state index is 12.1. The van der Waals surface area contributed by atoms with Gasteiger partial charge in [-0.25, -0.2) is 4.79 Å². The van der Waals surface area contributed by atoms with Gasteiger partial charge < -0.3 is 20.4 Å². The summed E-state index contributed by atoms with van der Waals surface area (Å²) in [6.07, 6.45) is 6.85. The predicted molar refractivity (Wildman–Crippen MR) is 114 cm³/mol. The van der Waals surface area contributed by atoms with Crippen molar-refractivity contribution in [1.29, 1.82) is 0 Å². The van der Waals surface area contributed by atoms with Crippen molar-refractivity contribution in [2.45, 2.75) is 92.2 Å². The Bertz CT molecular complexity index is 300. The Morgan fingerprint density at radius 3 is 1.27 bits per heavy atom. The predicted octanol–water partition coefficient (Wildman–Crippen LogP) is 4.09. The second-order valence-corrected chi connectivity index (χ2v) is 7.09. The first-order valence-electron chi connectivity index (χ1n) is 11.1. The molecule has 0 aromatic carbocycles. The molecule has 0 fully saturated rings. The lowest BCUT2D eigenvalue weighted by Crippen LogP contribution is -2.42. The first-order valence-corrected chi connectivity index (χ1v) is 11.1. The molecule has 0 spiro atoms. The maximum atomic E-state index is 12.1. The SMILES string of the molecule is CCCC(CCNC(=O)NCCC(CCC)N(CC)CC)N(CC)CC. The van der Waals surface area contributed by atoms with Gasteiger partial charge in [0.15, 0.2) is 0 Å². The average Bonchev–Trinajstić information content (AvgIpc) is 2.63. The molecule has 2 atom stereocenters. The molecule has 0 aliphatic carbocycles. The maximum Gasteiger partial charge on any atom is 0.314 e. The third-order valence-corrected chi connectivity index (χ3v) is 5.43. The summed E-state index contributed by atoms with van der Waals surface area (Å²) in [7, 11) is 0. The quantitative estimate of drug-likeness (QED) is 0.430. The van der Waals surface area contributed by atoms with Gasteiger partial charge in [0.05, 0.1) is 0 Å². The molecular weight excluding hydrogens is 324 g/mol. The number of nitrogens with one attached hydrogen (secondary N) is 2. The molecule has 5 nitrogen and oxygen atoms in total. The van der Waals surface area contributed by atoms with Crippen molar-refractivity contribution in [1.82, 2.24) is 20.4 Å². The smallest absolute Gasteiger partial charge is 0.314 e. The van der Waals surface area contributed by atoms with Gasteiger partial charge in [0.25, 0.3) is 0 Å². The molecular formula is C21H46N4O. The van der Waals surface area contributed by atoms with E-state index < -0.39 is 0 Å². The highest BCUT2D eigenvalue weighted by atomic mass is 16.2. The van der Waals surface area contributed by atoms with E-state index in [4.69, 9.17) is 0 Å². The Morgan fingerprint density at radius 1 is 0.654 bits per heavy atom. The van der Waals surface area contributed by atoms with Crippen molar-refractivity contribution in [3.63, 3.8) is 0 Å². The number of carbonyl (C=O) groups excluding carboxylic acids is 1. The van der Waals surface area contributed by atoms with Gasteiger partial charge in [-0.1, -0.05) is 54.4 Å². The summed E-state index contributed by atoms with van der Waals surface area (Å²) in [6.45, 7) is 19.2. The van der Waals surface area contributed by atoms with Crippen LogP contribution in [-0.2, 0) is 0 Å². The molecule has 0 saturated carbocycles. The van der Waals surface area contributed by atoms with Gasteiger partial charge in [-0.05, 0) is 51.9 Å². The van der Waals surface area contributed by atoms with Crippen LogP contribution in [0.3, 0.4) is 0 Å². The highest BCUT2D eigenvalue weighted by Crippen LogP contribution is 2.11. The number of hydrogen-bond donors (Lipinski definition) is 2. The molecule has 2 unspecified atom stereocenters. The number of rotatable bonds is 16. The minimum atomic E-state index is -0.0189. The van der Waals surface area contributed by atoms with Crippen LogP contribution >= 0.6 is 0 Å². The van der Waals surface area contributed by atoms with Gasteiger partial charge in [0.1, 0.15) is 0 Å². The lowest BCUT2D eigenvalue weighted by atomic mass is 10.1. The largest absolute Gasteiger partial charge is 0.338 e. The standard InChI is InChI=1S/C21H46N4O/c1-7-13-19(24(9-3)10-4)15-17-22-21(26)23-18-16-20(14-8-2)25(11-5)12-6/h19-20H,7-18H2,1-6H3,(H2,22,23,26). The molecule has 0 aliphatic heterocycles. The molecule has 2 amide bonds. The molecule has 0 bridgehead atoms. The van der Waals surface area contributed by atoms with Crippen LogP contribution < -0.4 is 10.6 Å². The van der Waals surface area contributed by atoms with Gasteiger partial charge in [0, 0.05) is 25.2 Å². The zero-order valence-corrected chi connectivity index (χ0v) is 18.4. The molecule has 0 rings (SSSR count). The van der Waals surface area contributed by atoms with Crippen molar-refractivity contribution >= 4 is 6.03 Å². The lowest BCUT2D eigenvalue weighted by Gasteiger charge is -2.30. The fraction of sp³-hybridized carbons (Fsp3) is 0.952. The molecule has 156 valence electrons. The molecule has 2 N–H and O–H groups in total. The van der Waals surface area contributed by atoms with E-state index in [1.807, 2.05) is 0 Å². The van der Waals surface area contributed by atoms with Crippen molar-refractivity contribution in [2.24, 2.45) is 0 Å². The molecule has 5 heteroatoms. The minimum Gasteiger partial charge on any atom is -0.338 e. The van der Waals surface area contributed by atoms with Gasteiger partial charge >= 0.3 is 6.03 Å². The fourth-order valence-electron chi connectivity index (χ4n) is 3.93. The van der Waals surface area contributed by atoms with Crippen molar-refractivity contribution in [3.05, 3.63) is 0 Å². The van der Waals surface area contributed by atoms with E-state index in [1.165, 1.54) is 25.7 Å². The summed E-state index contributed by atoms with van der Waals surface area (Å²) < 4.78 is 0. The van der Waals surface area contributed by atoms with Gasteiger partial charge in [-0.15, -0.1) is 0 Å². The highest BCUT2D eigenvalue weighted by Gasteiger charge is 2.16. The molecule has 0 aromatic rings. The Morgan fingerprint density at radius 2 is 1.00 bits per heavy atom.